The van der Waals surface area contributed by atoms with Gasteiger partial charge in [-0.15, -0.1) is 5.10 Å². The number of tetrazole rings is 1. The molecule has 1 aromatic carbocycles. The lowest BCUT2D eigenvalue weighted by molar-refractivity contribution is 0.117. The zero-order valence-electron chi connectivity index (χ0n) is 12.5. The van der Waals surface area contributed by atoms with E-state index in [1.165, 1.54) is 18.4 Å². The van der Waals surface area contributed by atoms with Crippen LogP contribution in [0.2, 0.25) is 0 Å². The molecular weight excluding hydrogens is 278 g/mol. The highest BCUT2D eigenvalue weighted by atomic mass is 16.3. The van der Waals surface area contributed by atoms with Crippen LogP contribution < -0.4 is 0 Å². The highest BCUT2D eigenvalue weighted by Crippen LogP contribution is 2.40. The first-order valence-electron chi connectivity index (χ1n) is 8.05. The molecule has 1 aromatic heterocycles. The molecule has 2 fully saturated rings. The van der Waals surface area contributed by atoms with Crippen molar-refractivity contribution in [2.75, 3.05) is 6.61 Å². The van der Waals surface area contributed by atoms with Crippen molar-refractivity contribution in [3.05, 3.63) is 41.7 Å². The molecule has 0 amide bonds. The van der Waals surface area contributed by atoms with Gasteiger partial charge in [-0.1, -0.05) is 30.3 Å². The summed E-state index contributed by atoms with van der Waals surface area (Å²) in [5, 5.41) is 22.1. The molecule has 0 unspecified atom stereocenters. The average molecular weight is 299 g/mol. The predicted octanol–water partition coefficient (Wildman–Crippen LogP) is 1.71. The molecule has 2 aromatic rings. The highest BCUT2D eigenvalue weighted by molar-refractivity contribution is 5.16. The predicted molar refractivity (Wildman–Crippen MR) is 80.9 cm³/mol. The number of hydrogen-bond donors (Lipinski definition) is 1. The lowest BCUT2D eigenvalue weighted by Gasteiger charge is -2.28. The Morgan fingerprint density at radius 3 is 2.64 bits per heavy atom. The molecule has 0 spiro atoms. The van der Waals surface area contributed by atoms with Crippen molar-refractivity contribution in [3.8, 4) is 0 Å². The SMILES string of the molecule is OC[C@@H]1CC[C@@H](c2nnnn2C2CC2)N1Cc1ccccc1. The number of benzene rings is 1. The Morgan fingerprint density at radius 2 is 1.91 bits per heavy atom. The molecular formula is C16H21N5O. The van der Waals surface area contributed by atoms with E-state index < -0.39 is 0 Å². The number of hydrogen-bond acceptors (Lipinski definition) is 5. The van der Waals surface area contributed by atoms with Crippen molar-refractivity contribution in [3.63, 3.8) is 0 Å². The lowest BCUT2D eigenvalue weighted by atomic mass is 10.1. The molecule has 1 aliphatic carbocycles. The summed E-state index contributed by atoms with van der Waals surface area (Å²) in [5.41, 5.74) is 1.26. The van der Waals surface area contributed by atoms with Crippen LogP contribution in [0.1, 0.15) is 49.2 Å². The minimum atomic E-state index is 0.189. The summed E-state index contributed by atoms with van der Waals surface area (Å²) in [7, 11) is 0. The molecule has 1 saturated carbocycles. The van der Waals surface area contributed by atoms with Gasteiger partial charge in [0.2, 0.25) is 0 Å². The van der Waals surface area contributed by atoms with Crippen molar-refractivity contribution in [1.29, 1.82) is 0 Å². The van der Waals surface area contributed by atoms with E-state index in [2.05, 4.69) is 44.7 Å². The molecule has 0 radical (unpaired) electrons. The second kappa shape index (κ2) is 5.78. The van der Waals surface area contributed by atoms with E-state index in [4.69, 9.17) is 0 Å². The second-order valence-electron chi connectivity index (χ2n) is 6.30. The van der Waals surface area contributed by atoms with Crippen LogP contribution in [0.5, 0.6) is 0 Å². The van der Waals surface area contributed by atoms with Gasteiger partial charge in [-0.25, -0.2) is 4.68 Å². The number of nitrogens with zero attached hydrogens (tertiary/aromatic N) is 5. The number of likely N-dealkylation sites (tertiary alicyclic amines) is 1. The van der Waals surface area contributed by atoms with Crippen LogP contribution in [0.3, 0.4) is 0 Å². The third-order valence-corrected chi connectivity index (χ3v) is 4.77. The first-order valence-corrected chi connectivity index (χ1v) is 8.05. The molecule has 1 saturated heterocycles. The Kier molecular flexibility index (Phi) is 3.63. The number of aromatic nitrogens is 4. The first-order chi connectivity index (χ1) is 10.9. The fourth-order valence-corrected chi connectivity index (χ4v) is 3.44. The quantitative estimate of drug-likeness (QED) is 0.910. The molecule has 1 N–H and O–H groups in total. The second-order valence-corrected chi connectivity index (χ2v) is 6.30. The van der Waals surface area contributed by atoms with Crippen LogP contribution in [-0.4, -0.2) is 42.9 Å². The Balaban J connectivity index is 1.61. The third-order valence-electron chi connectivity index (χ3n) is 4.77. The van der Waals surface area contributed by atoms with Gasteiger partial charge in [-0.2, -0.15) is 0 Å². The molecule has 2 heterocycles. The minimum Gasteiger partial charge on any atom is -0.395 e. The normalized spacial score (nSPS) is 25.7. The van der Waals surface area contributed by atoms with Crippen LogP contribution in [0.25, 0.3) is 0 Å². The standard InChI is InChI=1S/C16H21N5O/c22-11-14-8-9-15(16-17-18-19-21(16)13-6-7-13)20(14)10-12-4-2-1-3-5-12/h1-5,13-15,22H,6-11H2/t14-,15-/m0/s1. The maximum absolute atomic E-state index is 9.72. The summed E-state index contributed by atoms with van der Waals surface area (Å²) in [4.78, 5) is 2.36. The van der Waals surface area contributed by atoms with E-state index in [9.17, 15) is 5.11 Å². The Bertz CT molecular complexity index is 624. The Hall–Kier alpha value is -1.79. The summed E-state index contributed by atoms with van der Waals surface area (Å²) >= 11 is 0. The Labute approximate surface area is 129 Å². The van der Waals surface area contributed by atoms with Crippen molar-refractivity contribution in [1.82, 2.24) is 25.1 Å². The molecule has 22 heavy (non-hydrogen) atoms. The van der Waals surface area contributed by atoms with E-state index in [1.807, 2.05) is 10.7 Å². The monoisotopic (exact) mass is 299 g/mol. The van der Waals surface area contributed by atoms with Gasteiger partial charge in [-0.3, -0.25) is 4.90 Å². The maximum atomic E-state index is 9.72. The highest BCUT2D eigenvalue weighted by Gasteiger charge is 2.39. The Morgan fingerprint density at radius 1 is 1.09 bits per heavy atom. The van der Waals surface area contributed by atoms with Crippen LogP contribution in [0.4, 0.5) is 0 Å². The van der Waals surface area contributed by atoms with E-state index in [0.717, 1.165) is 25.2 Å². The summed E-state index contributed by atoms with van der Waals surface area (Å²) < 4.78 is 2.00. The van der Waals surface area contributed by atoms with Gasteiger partial charge >= 0.3 is 0 Å². The summed E-state index contributed by atoms with van der Waals surface area (Å²) in [6.45, 7) is 1.02. The van der Waals surface area contributed by atoms with Crippen molar-refractivity contribution >= 4 is 0 Å². The van der Waals surface area contributed by atoms with E-state index in [1.54, 1.807) is 0 Å². The van der Waals surface area contributed by atoms with Gasteiger partial charge in [0.25, 0.3) is 0 Å². The van der Waals surface area contributed by atoms with Crippen molar-refractivity contribution in [2.45, 2.75) is 50.4 Å². The van der Waals surface area contributed by atoms with Crippen LogP contribution in [-0.2, 0) is 6.54 Å². The molecule has 2 aliphatic rings. The van der Waals surface area contributed by atoms with E-state index in [0.29, 0.717) is 6.04 Å². The van der Waals surface area contributed by atoms with Crippen molar-refractivity contribution < 1.29 is 5.11 Å². The van der Waals surface area contributed by atoms with E-state index >= 15 is 0 Å². The molecule has 2 atom stereocenters. The zero-order chi connectivity index (χ0) is 14.9. The fourth-order valence-electron chi connectivity index (χ4n) is 3.44. The molecule has 116 valence electrons. The van der Waals surface area contributed by atoms with E-state index in [-0.39, 0.29) is 18.7 Å². The zero-order valence-corrected chi connectivity index (χ0v) is 12.5. The number of rotatable bonds is 5. The molecule has 1 aliphatic heterocycles. The topological polar surface area (TPSA) is 67.1 Å². The third kappa shape index (κ3) is 2.53. The van der Waals surface area contributed by atoms with Gasteiger partial charge in [-0.05, 0) is 41.7 Å². The average Bonchev–Trinajstić information content (AvgIpc) is 3.15. The summed E-state index contributed by atoms with van der Waals surface area (Å²) in [6, 6.07) is 11.3. The number of aliphatic hydroxyl groups is 1. The summed E-state index contributed by atoms with van der Waals surface area (Å²) in [5.74, 6) is 0.967. The minimum absolute atomic E-state index is 0.189. The number of aliphatic hydroxyl groups excluding tert-OH is 1. The van der Waals surface area contributed by atoms with Gasteiger partial charge in [0, 0.05) is 12.6 Å². The van der Waals surface area contributed by atoms with Crippen LogP contribution >= 0.6 is 0 Å². The molecule has 4 rings (SSSR count). The molecule has 6 nitrogen and oxygen atoms in total. The van der Waals surface area contributed by atoms with Crippen molar-refractivity contribution in [2.24, 2.45) is 0 Å². The summed E-state index contributed by atoms with van der Waals surface area (Å²) in [6.07, 6.45) is 4.34. The lowest BCUT2D eigenvalue weighted by Crippen LogP contribution is -2.34. The van der Waals surface area contributed by atoms with Crippen LogP contribution in [0.15, 0.2) is 30.3 Å². The van der Waals surface area contributed by atoms with Gasteiger partial charge in [0.05, 0.1) is 18.7 Å². The smallest absolute Gasteiger partial charge is 0.168 e. The van der Waals surface area contributed by atoms with Gasteiger partial charge in [0.1, 0.15) is 0 Å². The first kappa shape index (κ1) is 13.8. The fraction of sp³-hybridized carbons (Fsp3) is 0.562. The molecule has 0 bridgehead atoms. The van der Waals surface area contributed by atoms with Gasteiger partial charge in [0.15, 0.2) is 5.82 Å². The molecule has 6 heteroatoms. The maximum Gasteiger partial charge on any atom is 0.168 e. The van der Waals surface area contributed by atoms with Gasteiger partial charge < -0.3 is 5.11 Å². The largest absolute Gasteiger partial charge is 0.395 e. The van der Waals surface area contributed by atoms with Crippen LogP contribution in [0, 0.1) is 0 Å².